The van der Waals surface area contributed by atoms with Crippen molar-refractivity contribution in [3.8, 4) is 22.5 Å². The minimum atomic E-state index is -0.211. The Hall–Kier alpha value is -2.20. The van der Waals surface area contributed by atoms with E-state index in [1.165, 1.54) is 17.4 Å². The van der Waals surface area contributed by atoms with Gasteiger partial charge in [-0.2, -0.15) is 5.26 Å². The summed E-state index contributed by atoms with van der Waals surface area (Å²) in [7, 11) is 0. The van der Waals surface area contributed by atoms with Crippen LogP contribution in [0.15, 0.2) is 23.6 Å². The van der Waals surface area contributed by atoms with E-state index in [1.807, 2.05) is 6.07 Å². The van der Waals surface area contributed by atoms with E-state index in [1.54, 1.807) is 17.5 Å². The Morgan fingerprint density at radius 3 is 2.81 bits per heavy atom. The average molecular weight is 318 g/mol. The van der Waals surface area contributed by atoms with Gasteiger partial charge in [0.15, 0.2) is 5.69 Å². The maximum atomic E-state index is 10.1. The van der Waals surface area contributed by atoms with Crippen LogP contribution in [-0.4, -0.2) is 20.2 Å². The van der Waals surface area contributed by atoms with E-state index >= 15 is 0 Å². The highest BCUT2D eigenvalue weighted by Gasteiger charge is 2.14. The van der Waals surface area contributed by atoms with E-state index in [0.29, 0.717) is 37.9 Å². The molecule has 0 amide bonds. The van der Waals surface area contributed by atoms with Crippen molar-refractivity contribution in [2.24, 2.45) is 0 Å². The van der Waals surface area contributed by atoms with Crippen molar-refractivity contribution >= 4 is 33.8 Å². The van der Waals surface area contributed by atoms with Crippen LogP contribution in [-0.2, 0) is 6.61 Å². The van der Waals surface area contributed by atoms with Gasteiger partial charge >= 0.3 is 0 Å². The van der Waals surface area contributed by atoms with Crippen LogP contribution < -0.4 is 0 Å². The van der Waals surface area contributed by atoms with Crippen molar-refractivity contribution in [1.29, 1.82) is 5.26 Å². The van der Waals surface area contributed by atoms with Crippen molar-refractivity contribution in [2.45, 2.75) is 6.61 Å². The number of rotatable bonds is 2. The maximum Gasteiger partial charge on any atom is 0.152 e. The molecule has 0 fully saturated rings. The number of fused-ring (bicyclic) bond motifs is 1. The molecule has 0 saturated heterocycles. The lowest BCUT2D eigenvalue weighted by Gasteiger charge is -2.08. The molecule has 0 aliphatic rings. The monoisotopic (exact) mass is 317 g/mol. The van der Waals surface area contributed by atoms with Gasteiger partial charge in [0.05, 0.1) is 17.1 Å². The first-order valence-corrected chi connectivity index (χ1v) is 7.17. The van der Waals surface area contributed by atoms with Gasteiger partial charge in [-0.1, -0.05) is 17.7 Å². The highest BCUT2D eigenvalue weighted by Crippen LogP contribution is 2.35. The molecule has 2 N–H and O–H groups in total. The van der Waals surface area contributed by atoms with Gasteiger partial charge in [-0.3, -0.25) is 0 Å². The Morgan fingerprint density at radius 1 is 1.33 bits per heavy atom. The van der Waals surface area contributed by atoms with Gasteiger partial charge in [0.25, 0.3) is 0 Å². The maximum absolute atomic E-state index is 10.1. The number of hydrogen-bond acceptors (Lipinski definition) is 6. The van der Waals surface area contributed by atoms with E-state index in [2.05, 4.69) is 9.97 Å². The zero-order valence-corrected chi connectivity index (χ0v) is 12.1. The number of benzene rings is 1. The summed E-state index contributed by atoms with van der Waals surface area (Å²) in [5.74, 6) is 0.0232. The van der Waals surface area contributed by atoms with Crippen LogP contribution in [0.25, 0.3) is 21.6 Å². The molecule has 2 heterocycles. The SMILES string of the molecule is N#Cc1csc(-c2cc(O)c3ccc(CO)c(Cl)c3n2)n1. The molecule has 5 nitrogen and oxygen atoms in total. The molecule has 0 bridgehead atoms. The van der Waals surface area contributed by atoms with Crippen LogP contribution in [0.2, 0.25) is 5.02 Å². The molecular weight excluding hydrogens is 310 g/mol. The number of pyridine rings is 1. The molecule has 2 aromatic heterocycles. The molecule has 0 spiro atoms. The summed E-state index contributed by atoms with van der Waals surface area (Å²) in [6.45, 7) is -0.211. The van der Waals surface area contributed by atoms with Crippen molar-refractivity contribution in [3.05, 3.63) is 39.9 Å². The summed E-state index contributed by atoms with van der Waals surface area (Å²) in [4.78, 5) is 8.51. The van der Waals surface area contributed by atoms with Crippen LogP contribution in [0.4, 0.5) is 0 Å². The summed E-state index contributed by atoms with van der Waals surface area (Å²) in [5, 5.41) is 31.1. The molecule has 0 unspecified atom stereocenters. The lowest BCUT2D eigenvalue weighted by molar-refractivity contribution is 0.282. The molecule has 0 radical (unpaired) electrons. The summed E-state index contributed by atoms with van der Waals surface area (Å²) in [5.41, 5.74) is 1.66. The number of aliphatic hydroxyl groups excluding tert-OH is 1. The molecule has 7 heteroatoms. The Balaban J connectivity index is 2.26. The zero-order valence-electron chi connectivity index (χ0n) is 10.5. The average Bonchev–Trinajstić information content (AvgIpc) is 2.97. The lowest BCUT2D eigenvalue weighted by Crippen LogP contribution is -1.91. The fourth-order valence-electron chi connectivity index (χ4n) is 1.96. The van der Waals surface area contributed by atoms with E-state index < -0.39 is 0 Å². The summed E-state index contributed by atoms with van der Waals surface area (Å²) in [6.07, 6.45) is 0. The predicted molar refractivity (Wildman–Crippen MR) is 80.2 cm³/mol. The first kappa shape index (κ1) is 13.8. The highest BCUT2D eigenvalue weighted by atomic mass is 35.5. The molecule has 21 heavy (non-hydrogen) atoms. The third kappa shape index (κ3) is 2.32. The second-order valence-corrected chi connectivity index (χ2v) is 5.51. The third-order valence-corrected chi connectivity index (χ3v) is 4.27. The van der Waals surface area contributed by atoms with Crippen LogP contribution in [0.1, 0.15) is 11.3 Å². The van der Waals surface area contributed by atoms with E-state index in [0.717, 1.165) is 0 Å². The van der Waals surface area contributed by atoms with Crippen molar-refractivity contribution < 1.29 is 10.2 Å². The van der Waals surface area contributed by atoms with Gasteiger partial charge in [0, 0.05) is 16.8 Å². The summed E-state index contributed by atoms with van der Waals surface area (Å²) >= 11 is 7.46. The number of aliphatic hydroxyl groups is 1. The molecule has 0 aliphatic carbocycles. The molecule has 0 atom stereocenters. The first-order valence-electron chi connectivity index (χ1n) is 5.92. The molecule has 0 saturated carbocycles. The number of halogens is 1. The summed E-state index contributed by atoms with van der Waals surface area (Å²) in [6, 6.07) is 6.73. The van der Waals surface area contributed by atoms with E-state index in [-0.39, 0.29) is 12.4 Å². The number of nitrogens with zero attached hydrogens (tertiary/aromatic N) is 3. The van der Waals surface area contributed by atoms with Gasteiger partial charge in [0.2, 0.25) is 0 Å². The van der Waals surface area contributed by atoms with Gasteiger partial charge in [-0.25, -0.2) is 9.97 Å². The van der Waals surface area contributed by atoms with Crippen molar-refractivity contribution in [1.82, 2.24) is 9.97 Å². The van der Waals surface area contributed by atoms with E-state index in [9.17, 15) is 10.2 Å². The molecule has 1 aromatic carbocycles. The standard InChI is InChI=1S/C14H8ClN3O2S/c15-12-7(5-19)1-2-9-11(20)3-10(18-13(9)12)14-17-8(4-16)6-21-14/h1-3,6,19H,5H2,(H,18,20). The first-order chi connectivity index (χ1) is 10.1. The Bertz CT molecular complexity index is 886. The molecule has 3 aromatic rings. The van der Waals surface area contributed by atoms with E-state index in [4.69, 9.17) is 16.9 Å². The van der Waals surface area contributed by atoms with Crippen molar-refractivity contribution in [3.63, 3.8) is 0 Å². The number of aromatic nitrogens is 2. The second kappa shape index (κ2) is 5.30. The Labute approximate surface area is 128 Å². The highest BCUT2D eigenvalue weighted by molar-refractivity contribution is 7.13. The lowest BCUT2D eigenvalue weighted by atomic mass is 10.1. The molecule has 0 aliphatic heterocycles. The summed E-state index contributed by atoms with van der Waals surface area (Å²) < 4.78 is 0. The Morgan fingerprint density at radius 2 is 2.14 bits per heavy atom. The van der Waals surface area contributed by atoms with Crippen LogP contribution in [0.3, 0.4) is 0 Å². The number of aromatic hydroxyl groups is 1. The van der Waals surface area contributed by atoms with Crippen LogP contribution >= 0.6 is 22.9 Å². The van der Waals surface area contributed by atoms with Gasteiger partial charge in [-0.15, -0.1) is 11.3 Å². The minimum absolute atomic E-state index is 0.0232. The Kier molecular flexibility index (Phi) is 3.47. The predicted octanol–water partition coefficient (Wildman–Crippen LogP) is 3.08. The molecule has 104 valence electrons. The molecule has 3 rings (SSSR count). The smallest absolute Gasteiger partial charge is 0.152 e. The quantitative estimate of drug-likeness (QED) is 0.758. The van der Waals surface area contributed by atoms with Gasteiger partial charge in [-0.05, 0) is 11.6 Å². The minimum Gasteiger partial charge on any atom is -0.507 e. The number of thiazole rings is 1. The van der Waals surface area contributed by atoms with Gasteiger partial charge < -0.3 is 10.2 Å². The number of hydrogen-bond donors (Lipinski definition) is 2. The topological polar surface area (TPSA) is 90.0 Å². The molecular formula is C14H8ClN3O2S. The fourth-order valence-corrected chi connectivity index (χ4v) is 2.93. The third-order valence-electron chi connectivity index (χ3n) is 2.99. The van der Waals surface area contributed by atoms with Gasteiger partial charge in [0.1, 0.15) is 22.5 Å². The number of nitriles is 1. The fraction of sp³-hybridized carbons (Fsp3) is 0.0714. The second-order valence-electron chi connectivity index (χ2n) is 4.27. The van der Waals surface area contributed by atoms with Crippen LogP contribution in [0.5, 0.6) is 5.75 Å². The largest absolute Gasteiger partial charge is 0.507 e. The van der Waals surface area contributed by atoms with Crippen molar-refractivity contribution in [2.75, 3.05) is 0 Å². The normalized spacial score (nSPS) is 10.7. The van der Waals surface area contributed by atoms with Crippen LogP contribution in [0, 0.1) is 11.3 Å². The zero-order chi connectivity index (χ0) is 15.0.